The van der Waals surface area contributed by atoms with Crippen LogP contribution in [0.3, 0.4) is 0 Å². The highest BCUT2D eigenvalue weighted by atomic mass is 127. The van der Waals surface area contributed by atoms with Crippen LogP contribution in [-0.4, -0.2) is 4.98 Å². The van der Waals surface area contributed by atoms with E-state index in [9.17, 15) is 0 Å². The topological polar surface area (TPSA) is 64.1 Å². The second-order valence-electron chi connectivity index (χ2n) is 3.46. The number of rotatable bonds is 3. The van der Waals surface area contributed by atoms with E-state index in [-0.39, 0.29) is 0 Å². The maximum atomic E-state index is 5.67. The van der Waals surface area contributed by atoms with Crippen molar-refractivity contribution in [1.82, 2.24) is 4.98 Å². The Bertz CT molecular complexity index is 496. The van der Waals surface area contributed by atoms with Crippen LogP contribution in [0.1, 0.15) is 11.7 Å². The zero-order valence-electron chi connectivity index (χ0n) is 8.83. The molecule has 16 heavy (non-hydrogen) atoms. The molecule has 84 valence electrons. The van der Waals surface area contributed by atoms with Crippen molar-refractivity contribution >= 4 is 34.0 Å². The number of halogens is 1. The second-order valence-corrected chi connectivity index (χ2v) is 4.62. The quantitative estimate of drug-likeness (QED) is 0.671. The van der Waals surface area contributed by atoms with Gasteiger partial charge in [0.1, 0.15) is 5.76 Å². The number of nitrogens with two attached hydrogens (primary N) is 1. The normalized spacial score (nSPS) is 10.4. The Balaban J connectivity index is 2.04. The van der Waals surface area contributed by atoms with Crippen LogP contribution >= 0.6 is 22.6 Å². The zero-order valence-corrected chi connectivity index (χ0v) is 11.0. The fourth-order valence-corrected chi connectivity index (χ4v) is 2.06. The maximum Gasteiger partial charge on any atom is 0.213 e. The number of hydrogen-bond donors (Lipinski definition) is 2. The minimum atomic E-state index is 0.577. The number of oxazole rings is 1. The lowest BCUT2D eigenvalue weighted by molar-refractivity contribution is 0.479. The van der Waals surface area contributed by atoms with Crippen molar-refractivity contribution in [2.24, 2.45) is 0 Å². The van der Waals surface area contributed by atoms with Crippen molar-refractivity contribution < 1.29 is 4.42 Å². The first kappa shape index (κ1) is 11.3. The van der Waals surface area contributed by atoms with E-state index in [4.69, 9.17) is 10.2 Å². The molecule has 0 aliphatic rings. The maximum absolute atomic E-state index is 5.67. The van der Waals surface area contributed by atoms with Crippen LogP contribution in [0.2, 0.25) is 0 Å². The summed E-state index contributed by atoms with van der Waals surface area (Å²) in [6.07, 6.45) is 1.71. The molecule has 0 radical (unpaired) electrons. The van der Waals surface area contributed by atoms with Crippen LogP contribution in [-0.2, 0) is 6.54 Å². The standard InChI is InChI=1S/C11H12IN3O/c1-7-5-15-11(16-7)6-14-10-3-2-8(13)4-9(10)12/h2-5,14H,6,13H2,1H3. The molecule has 0 amide bonds. The summed E-state index contributed by atoms with van der Waals surface area (Å²) in [7, 11) is 0. The third kappa shape index (κ3) is 2.66. The predicted octanol–water partition coefficient (Wildman–Crippen LogP) is 2.78. The molecule has 4 nitrogen and oxygen atoms in total. The summed E-state index contributed by atoms with van der Waals surface area (Å²) in [4.78, 5) is 4.12. The highest BCUT2D eigenvalue weighted by Crippen LogP contribution is 2.21. The molecular weight excluding hydrogens is 317 g/mol. The first-order valence-electron chi connectivity index (χ1n) is 4.85. The van der Waals surface area contributed by atoms with Crippen LogP contribution in [0, 0.1) is 10.5 Å². The lowest BCUT2D eigenvalue weighted by atomic mass is 10.3. The number of anilines is 2. The summed E-state index contributed by atoms with van der Waals surface area (Å²) in [6.45, 7) is 2.46. The Hall–Kier alpha value is -1.24. The van der Waals surface area contributed by atoms with E-state index in [1.54, 1.807) is 6.20 Å². The van der Waals surface area contributed by atoms with Gasteiger partial charge < -0.3 is 15.5 Å². The third-order valence-electron chi connectivity index (χ3n) is 2.09. The van der Waals surface area contributed by atoms with Crippen molar-refractivity contribution in [3.05, 3.63) is 39.6 Å². The summed E-state index contributed by atoms with van der Waals surface area (Å²) < 4.78 is 6.45. The third-order valence-corrected chi connectivity index (χ3v) is 2.98. The van der Waals surface area contributed by atoms with E-state index < -0.39 is 0 Å². The molecule has 2 rings (SSSR count). The van der Waals surface area contributed by atoms with Gasteiger partial charge in [-0.1, -0.05) is 0 Å². The zero-order chi connectivity index (χ0) is 11.5. The molecule has 0 aliphatic carbocycles. The molecule has 0 spiro atoms. The lowest BCUT2D eigenvalue weighted by Crippen LogP contribution is -2.01. The van der Waals surface area contributed by atoms with Gasteiger partial charge in [0.05, 0.1) is 12.7 Å². The van der Waals surface area contributed by atoms with E-state index in [0.717, 1.165) is 20.7 Å². The number of hydrogen-bond acceptors (Lipinski definition) is 4. The smallest absolute Gasteiger partial charge is 0.213 e. The number of aromatic nitrogens is 1. The van der Waals surface area contributed by atoms with E-state index in [2.05, 4.69) is 32.9 Å². The van der Waals surface area contributed by atoms with Crippen LogP contribution in [0.25, 0.3) is 0 Å². The summed E-state index contributed by atoms with van der Waals surface area (Å²) in [5.41, 5.74) is 7.47. The highest BCUT2D eigenvalue weighted by Gasteiger charge is 2.03. The van der Waals surface area contributed by atoms with Gasteiger partial charge in [-0.05, 0) is 47.7 Å². The number of nitrogen functional groups attached to an aromatic ring is 1. The summed E-state index contributed by atoms with van der Waals surface area (Å²) >= 11 is 2.24. The average Bonchev–Trinajstić information content (AvgIpc) is 2.63. The van der Waals surface area contributed by atoms with Crippen molar-refractivity contribution in [2.75, 3.05) is 11.1 Å². The van der Waals surface area contributed by atoms with Gasteiger partial charge in [0.25, 0.3) is 0 Å². The molecule has 0 unspecified atom stereocenters. The molecule has 0 fully saturated rings. The van der Waals surface area contributed by atoms with Crippen LogP contribution in [0.4, 0.5) is 11.4 Å². The molecule has 0 saturated heterocycles. The van der Waals surface area contributed by atoms with Gasteiger partial charge in [-0.3, -0.25) is 0 Å². The van der Waals surface area contributed by atoms with Gasteiger partial charge in [0.2, 0.25) is 5.89 Å². The average molecular weight is 329 g/mol. The fourth-order valence-electron chi connectivity index (χ4n) is 1.33. The number of nitrogens with zero attached hydrogens (tertiary/aromatic N) is 1. The van der Waals surface area contributed by atoms with Gasteiger partial charge in [-0.2, -0.15) is 0 Å². The van der Waals surface area contributed by atoms with Crippen molar-refractivity contribution in [1.29, 1.82) is 0 Å². The molecule has 2 aromatic rings. The Morgan fingerprint density at radius 3 is 2.94 bits per heavy atom. The minimum absolute atomic E-state index is 0.577. The SMILES string of the molecule is Cc1cnc(CNc2ccc(N)cc2I)o1. The van der Waals surface area contributed by atoms with Crippen molar-refractivity contribution in [2.45, 2.75) is 13.5 Å². The summed E-state index contributed by atoms with van der Waals surface area (Å²) in [6, 6.07) is 5.74. The van der Waals surface area contributed by atoms with Gasteiger partial charge in [0, 0.05) is 14.9 Å². The van der Waals surface area contributed by atoms with E-state index >= 15 is 0 Å². The fraction of sp³-hybridized carbons (Fsp3) is 0.182. The Morgan fingerprint density at radius 2 is 2.31 bits per heavy atom. The predicted molar refractivity (Wildman–Crippen MR) is 72.1 cm³/mol. The first-order chi connectivity index (χ1) is 7.65. The highest BCUT2D eigenvalue weighted by molar-refractivity contribution is 14.1. The van der Waals surface area contributed by atoms with Gasteiger partial charge >= 0.3 is 0 Å². The number of aryl methyl sites for hydroxylation is 1. The first-order valence-corrected chi connectivity index (χ1v) is 5.93. The summed E-state index contributed by atoms with van der Waals surface area (Å²) in [5.74, 6) is 1.51. The summed E-state index contributed by atoms with van der Waals surface area (Å²) in [5, 5.41) is 3.25. The molecular formula is C11H12IN3O. The number of benzene rings is 1. The van der Waals surface area contributed by atoms with E-state index in [1.807, 2.05) is 25.1 Å². The Morgan fingerprint density at radius 1 is 1.50 bits per heavy atom. The molecule has 0 bridgehead atoms. The molecule has 1 aromatic heterocycles. The molecule has 1 aromatic carbocycles. The van der Waals surface area contributed by atoms with E-state index in [1.165, 1.54) is 0 Å². The molecule has 1 heterocycles. The molecule has 5 heteroatoms. The van der Waals surface area contributed by atoms with Crippen LogP contribution in [0.15, 0.2) is 28.8 Å². The van der Waals surface area contributed by atoms with Gasteiger partial charge in [0.15, 0.2) is 0 Å². The number of nitrogens with one attached hydrogen (secondary N) is 1. The van der Waals surface area contributed by atoms with Gasteiger partial charge in [-0.25, -0.2) is 4.98 Å². The Labute approximate surface area is 107 Å². The Kier molecular flexibility index (Phi) is 3.33. The van der Waals surface area contributed by atoms with Crippen LogP contribution < -0.4 is 11.1 Å². The lowest BCUT2D eigenvalue weighted by Gasteiger charge is -2.06. The van der Waals surface area contributed by atoms with Crippen LogP contribution in [0.5, 0.6) is 0 Å². The molecule has 0 saturated carbocycles. The van der Waals surface area contributed by atoms with Crippen molar-refractivity contribution in [3.63, 3.8) is 0 Å². The minimum Gasteiger partial charge on any atom is -0.444 e. The molecule has 0 atom stereocenters. The second kappa shape index (κ2) is 4.73. The molecule has 0 aliphatic heterocycles. The van der Waals surface area contributed by atoms with E-state index in [0.29, 0.717) is 12.4 Å². The molecule has 3 N–H and O–H groups in total. The van der Waals surface area contributed by atoms with Gasteiger partial charge in [-0.15, -0.1) is 0 Å². The largest absolute Gasteiger partial charge is 0.444 e. The van der Waals surface area contributed by atoms with Crippen molar-refractivity contribution in [3.8, 4) is 0 Å². The monoisotopic (exact) mass is 329 g/mol.